The predicted molar refractivity (Wildman–Crippen MR) is 118 cm³/mol. The Hall–Kier alpha value is -2.77. The van der Waals surface area contributed by atoms with Crippen molar-refractivity contribution < 1.29 is 18.7 Å². The number of likely N-dealkylation sites (N-methyl/N-ethyl adjacent to an activating group) is 1. The average Bonchev–Trinajstić information content (AvgIpc) is 2.77. The van der Waals surface area contributed by atoms with Gasteiger partial charge in [-0.25, -0.2) is 4.39 Å². The van der Waals surface area contributed by atoms with Gasteiger partial charge in [0.2, 0.25) is 0 Å². The second-order valence-corrected chi connectivity index (χ2v) is 8.17. The van der Waals surface area contributed by atoms with Gasteiger partial charge in [-0.05, 0) is 57.4 Å². The van der Waals surface area contributed by atoms with Gasteiger partial charge >= 0.3 is 0 Å². The van der Waals surface area contributed by atoms with Gasteiger partial charge in [0.25, 0.3) is 11.8 Å². The number of carbonyl (C=O) groups excluding carboxylic acids is 2. The van der Waals surface area contributed by atoms with E-state index in [1.54, 1.807) is 9.80 Å². The van der Waals surface area contributed by atoms with Crippen molar-refractivity contribution in [2.75, 3.05) is 53.4 Å². The Kier molecular flexibility index (Phi) is 7.76. The number of rotatable bonds is 7. The molecule has 1 saturated heterocycles. The van der Waals surface area contributed by atoms with Gasteiger partial charge in [-0.2, -0.15) is 0 Å². The van der Waals surface area contributed by atoms with Crippen molar-refractivity contribution in [3.63, 3.8) is 0 Å². The second kappa shape index (κ2) is 10.5. The number of hydrogen-bond donors (Lipinski definition) is 0. The van der Waals surface area contributed by atoms with E-state index in [0.717, 1.165) is 5.56 Å². The molecule has 2 amide bonds. The van der Waals surface area contributed by atoms with Crippen LogP contribution in [-0.4, -0.2) is 86.0 Å². The zero-order valence-electron chi connectivity index (χ0n) is 18.4. The highest BCUT2D eigenvalue weighted by molar-refractivity contribution is 5.95. The van der Waals surface area contributed by atoms with E-state index in [2.05, 4.69) is 0 Å². The van der Waals surface area contributed by atoms with E-state index in [1.807, 2.05) is 50.2 Å². The fourth-order valence-electron chi connectivity index (χ4n) is 3.51. The van der Waals surface area contributed by atoms with Gasteiger partial charge in [0.05, 0.1) is 12.7 Å². The van der Waals surface area contributed by atoms with E-state index in [-0.39, 0.29) is 23.7 Å². The fourth-order valence-corrected chi connectivity index (χ4v) is 3.51. The van der Waals surface area contributed by atoms with Crippen LogP contribution >= 0.6 is 0 Å². The highest BCUT2D eigenvalue weighted by Gasteiger charge is 2.28. The van der Waals surface area contributed by atoms with E-state index in [0.29, 0.717) is 50.5 Å². The number of amides is 2. The lowest BCUT2D eigenvalue weighted by Gasteiger charge is -2.36. The van der Waals surface area contributed by atoms with Crippen LogP contribution in [0.5, 0.6) is 0 Å². The minimum Gasteiger partial charge on any atom is -0.373 e. The molecule has 6 nitrogen and oxygen atoms in total. The Balaban J connectivity index is 1.69. The van der Waals surface area contributed by atoms with Gasteiger partial charge in [0, 0.05) is 43.9 Å². The number of morpholine rings is 1. The van der Waals surface area contributed by atoms with Crippen molar-refractivity contribution >= 4 is 11.8 Å². The number of nitrogens with zero attached hydrogens (tertiary/aromatic N) is 3. The summed E-state index contributed by atoms with van der Waals surface area (Å²) < 4.78 is 19.2. The monoisotopic (exact) mass is 427 g/mol. The maximum atomic E-state index is 13.3. The Morgan fingerprint density at radius 3 is 2.32 bits per heavy atom. The summed E-state index contributed by atoms with van der Waals surface area (Å²) in [5.74, 6) is -0.581. The van der Waals surface area contributed by atoms with E-state index in [9.17, 15) is 14.0 Å². The molecule has 0 aromatic heterocycles. The van der Waals surface area contributed by atoms with Gasteiger partial charge < -0.3 is 19.4 Å². The molecular formula is C24H30FN3O3. The summed E-state index contributed by atoms with van der Waals surface area (Å²) in [4.78, 5) is 31.5. The molecule has 1 unspecified atom stereocenters. The van der Waals surface area contributed by atoms with Crippen molar-refractivity contribution in [3.05, 3.63) is 71.0 Å². The molecule has 1 aliphatic heterocycles. The number of ether oxygens (including phenoxy) is 1. The lowest BCUT2D eigenvalue weighted by atomic mass is 10.1. The van der Waals surface area contributed by atoms with Crippen LogP contribution in [0.2, 0.25) is 0 Å². The van der Waals surface area contributed by atoms with Crippen LogP contribution in [0.25, 0.3) is 0 Å². The first-order valence-corrected chi connectivity index (χ1v) is 10.5. The lowest BCUT2D eigenvalue weighted by molar-refractivity contribution is -0.0334. The Labute approximate surface area is 183 Å². The van der Waals surface area contributed by atoms with E-state index >= 15 is 0 Å². The number of halogens is 1. The van der Waals surface area contributed by atoms with E-state index in [4.69, 9.17) is 4.74 Å². The zero-order chi connectivity index (χ0) is 22.4. The van der Waals surface area contributed by atoms with Gasteiger partial charge in [-0.3, -0.25) is 9.59 Å². The topological polar surface area (TPSA) is 53.1 Å². The average molecular weight is 428 g/mol. The smallest absolute Gasteiger partial charge is 0.254 e. The highest BCUT2D eigenvalue weighted by Crippen LogP contribution is 2.14. The molecule has 0 N–H and O–H groups in total. The molecule has 0 aliphatic carbocycles. The van der Waals surface area contributed by atoms with Crippen LogP contribution in [0.1, 0.15) is 26.3 Å². The molecule has 1 heterocycles. The van der Waals surface area contributed by atoms with Crippen LogP contribution < -0.4 is 0 Å². The zero-order valence-corrected chi connectivity index (χ0v) is 18.4. The Bertz CT molecular complexity index is 884. The summed E-state index contributed by atoms with van der Waals surface area (Å²) in [6.45, 7) is 4.91. The number of aryl methyl sites for hydroxylation is 1. The van der Waals surface area contributed by atoms with Crippen LogP contribution in [-0.2, 0) is 4.74 Å². The van der Waals surface area contributed by atoms with Crippen molar-refractivity contribution in [1.82, 2.24) is 14.7 Å². The van der Waals surface area contributed by atoms with Gasteiger partial charge in [-0.15, -0.1) is 0 Å². The summed E-state index contributed by atoms with van der Waals surface area (Å²) in [5.41, 5.74) is 2.19. The molecule has 7 heteroatoms. The van der Waals surface area contributed by atoms with Crippen molar-refractivity contribution in [2.24, 2.45) is 0 Å². The number of hydrogen-bond acceptors (Lipinski definition) is 4. The molecule has 31 heavy (non-hydrogen) atoms. The third-order valence-electron chi connectivity index (χ3n) is 5.34. The number of carbonyl (C=O) groups is 2. The lowest BCUT2D eigenvalue weighted by Crippen LogP contribution is -2.51. The Morgan fingerprint density at radius 1 is 1.03 bits per heavy atom. The third-order valence-corrected chi connectivity index (χ3v) is 5.34. The molecule has 1 fully saturated rings. The summed E-state index contributed by atoms with van der Waals surface area (Å²) in [5, 5.41) is 0. The van der Waals surface area contributed by atoms with Crippen LogP contribution in [0.3, 0.4) is 0 Å². The van der Waals surface area contributed by atoms with Crippen molar-refractivity contribution in [1.29, 1.82) is 0 Å². The van der Waals surface area contributed by atoms with Gasteiger partial charge in [0.1, 0.15) is 5.82 Å². The minimum absolute atomic E-state index is 0.0296. The maximum absolute atomic E-state index is 13.3. The highest BCUT2D eigenvalue weighted by atomic mass is 19.1. The standard InChI is InChI=1S/C24H30FN3O3/c1-18-4-6-19(7-5-18)24(30)28-14-15-31-22(17-28)16-27(13-12-26(2)3)23(29)20-8-10-21(25)11-9-20/h4-11,22H,12-17H2,1-3H3. The van der Waals surface area contributed by atoms with E-state index < -0.39 is 0 Å². The second-order valence-electron chi connectivity index (χ2n) is 8.17. The quantitative estimate of drug-likeness (QED) is 0.682. The summed E-state index contributed by atoms with van der Waals surface area (Å²) in [7, 11) is 3.89. The molecule has 0 bridgehead atoms. The van der Waals surface area contributed by atoms with Crippen molar-refractivity contribution in [3.8, 4) is 0 Å². The molecule has 166 valence electrons. The largest absolute Gasteiger partial charge is 0.373 e. The molecule has 2 aromatic rings. The molecule has 1 aliphatic rings. The summed E-state index contributed by atoms with van der Waals surface area (Å²) in [6, 6.07) is 13.1. The first-order valence-electron chi connectivity index (χ1n) is 10.5. The van der Waals surface area contributed by atoms with Gasteiger partial charge in [-0.1, -0.05) is 17.7 Å². The maximum Gasteiger partial charge on any atom is 0.254 e. The minimum atomic E-state index is -0.378. The van der Waals surface area contributed by atoms with Crippen LogP contribution in [0.15, 0.2) is 48.5 Å². The van der Waals surface area contributed by atoms with Crippen molar-refractivity contribution in [2.45, 2.75) is 13.0 Å². The SMILES string of the molecule is Cc1ccc(C(=O)N2CCOC(CN(CCN(C)C)C(=O)c3ccc(F)cc3)C2)cc1. The molecular weight excluding hydrogens is 397 g/mol. The summed E-state index contributed by atoms with van der Waals surface area (Å²) in [6.07, 6.45) is -0.283. The first-order chi connectivity index (χ1) is 14.8. The molecule has 1 atom stereocenters. The third kappa shape index (κ3) is 6.35. The molecule has 2 aromatic carbocycles. The first kappa shape index (κ1) is 22.9. The number of benzene rings is 2. The van der Waals surface area contributed by atoms with E-state index in [1.165, 1.54) is 24.3 Å². The van der Waals surface area contributed by atoms with Crippen LogP contribution in [0, 0.1) is 12.7 Å². The molecule has 0 saturated carbocycles. The molecule has 0 radical (unpaired) electrons. The molecule has 0 spiro atoms. The van der Waals surface area contributed by atoms with Crippen LogP contribution in [0.4, 0.5) is 4.39 Å². The molecule has 3 rings (SSSR count). The predicted octanol–water partition coefficient (Wildman–Crippen LogP) is 2.68. The summed E-state index contributed by atoms with van der Waals surface area (Å²) >= 11 is 0. The van der Waals surface area contributed by atoms with Gasteiger partial charge in [0.15, 0.2) is 0 Å². The Morgan fingerprint density at radius 2 is 1.68 bits per heavy atom. The normalized spacial score (nSPS) is 16.4. The fraction of sp³-hybridized carbons (Fsp3) is 0.417.